The van der Waals surface area contributed by atoms with Gasteiger partial charge in [0, 0.05) is 15.4 Å². The number of Topliss-reactive ketones (excluding diaryl/α,β-unsaturated/α-hetero) is 1. The summed E-state index contributed by atoms with van der Waals surface area (Å²) in [5.74, 6) is -0.257. The number of benzene rings is 3. The fourth-order valence-corrected chi connectivity index (χ4v) is 3.57. The van der Waals surface area contributed by atoms with E-state index in [0.29, 0.717) is 27.3 Å². The summed E-state index contributed by atoms with van der Waals surface area (Å²) in [5.41, 5.74) is 1.30. The second-order valence-corrected chi connectivity index (χ2v) is 7.02. The van der Waals surface area contributed by atoms with Crippen LogP contribution in [0.1, 0.15) is 26.3 Å². The number of carbonyl (C=O) groups is 2. The minimum atomic E-state index is -0.593. The highest BCUT2D eigenvalue weighted by Crippen LogP contribution is 2.32. The maximum atomic E-state index is 12.6. The highest BCUT2D eigenvalue weighted by atomic mass is 32.2. The van der Waals surface area contributed by atoms with Crippen LogP contribution in [-0.4, -0.2) is 25.5 Å². The first-order valence-electron chi connectivity index (χ1n) is 8.72. The molecule has 0 aliphatic heterocycles. The topological polar surface area (TPSA) is 76.4 Å². The third kappa shape index (κ3) is 5.03. The molecule has 0 radical (unpaired) electrons. The van der Waals surface area contributed by atoms with E-state index in [9.17, 15) is 14.9 Å². The van der Waals surface area contributed by atoms with Crippen molar-refractivity contribution in [3.63, 3.8) is 0 Å². The van der Waals surface area contributed by atoms with E-state index in [4.69, 9.17) is 9.47 Å². The van der Waals surface area contributed by atoms with Gasteiger partial charge in [0.2, 0.25) is 0 Å². The Morgan fingerprint density at radius 2 is 1.59 bits per heavy atom. The van der Waals surface area contributed by atoms with E-state index in [2.05, 4.69) is 6.07 Å². The van der Waals surface area contributed by atoms with Crippen LogP contribution in [0.4, 0.5) is 0 Å². The van der Waals surface area contributed by atoms with Gasteiger partial charge in [0.05, 0.1) is 18.2 Å². The Hall–Kier alpha value is -3.56. The average molecular weight is 403 g/mol. The third-order valence-corrected chi connectivity index (χ3v) is 5.23. The molecule has 0 unspecified atom stereocenters. The zero-order valence-corrected chi connectivity index (χ0v) is 16.4. The Labute approximate surface area is 172 Å². The predicted octanol–water partition coefficient (Wildman–Crippen LogP) is 4.76. The Morgan fingerprint density at radius 3 is 2.28 bits per heavy atom. The van der Waals surface area contributed by atoms with E-state index in [-0.39, 0.29) is 12.4 Å². The van der Waals surface area contributed by atoms with Gasteiger partial charge in [0.25, 0.3) is 0 Å². The Morgan fingerprint density at radius 1 is 0.931 bits per heavy atom. The van der Waals surface area contributed by atoms with Crippen molar-refractivity contribution in [3.05, 3.63) is 89.5 Å². The number of methoxy groups -OCH3 is 1. The maximum Gasteiger partial charge on any atom is 0.339 e. The number of rotatable bonds is 7. The lowest BCUT2D eigenvalue weighted by Gasteiger charge is -2.10. The Balaban J connectivity index is 1.71. The van der Waals surface area contributed by atoms with Gasteiger partial charge in [-0.2, -0.15) is 5.26 Å². The van der Waals surface area contributed by atoms with E-state index in [1.165, 1.54) is 11.8 Å². The number of nitrogens with zero attached hydrogens (tertiary/aromatic N) is 1. The predicted molar refractivity (Wildman–Crippen MR) is 109 cm³/mol. The fraction of sp³-hybridized carbons (Fsp3) is 0.0870. The molecule has 3 rings (SSSR count). The van der Waals surface area contributed by atoms with E-state index >= 15 is 0 Å². The molecule has 0 amide bonds. The number of nitriles is 1. The second kappa shape index (κ2) is 9.58. The first kappa shape index (κ1) is 20.2. The number of ketones is 1. The molecule has 0 saturated heterocycles. The minimum absolute atomic E-state index is 0.305. The summed E-state index contributed by atoms with van der Waals surface area (Å²) in [6.07, 6.45) is 0. The molecule has 29 heavy (non-hydrogen) atoms. The van der Waals surface area contributed by atoms with Crippen LogP contribution in [0.2, 0.25) is 0 Å². The summed E-state index contributed by atoms with van der Waals surface area (Å²) in [6, 6.07) is 22.8. The van der Waals surface area contributed by atoms with Crippen LogP contribution in [-0.2, 0) is 4.74 Å². The molecular weight excluding hydrogens is 386 g/mol. The van der Waals surface area contributed by atoms with E-state index in [1.54, 1.807) is 67.8 Å². The lowest BCUT2D eigenvalue weighted by molar-refractivity contribution is 0.0471. The largest absolute Gasteiger partial charge is 0.497 e. The second-order valence-electron chi connectivity index (χ2n) is 5.93. The number of ether oxygens (including phenoxy) is 2. The first-order valence-corrected chi connectivity index (χ1v) is 9.54. The molecular formula is C23H17NO4S. The molecule has 0 spiro atoms. The Kier molecular flexibility index (Phi) is 6.67. The molecule has 0 aliphatic carbocycles. The van der Waals surface area contributed by atoms with Gasteiger partial charge in [-0.3, -0.25) is 4.79 Å². The SMILES string of the molecule is COc1ccc(C(=O)COC(=O)c2ccccc2Sc2ccccc2C#N)cc1. The van der Waals surface area contributed by atoms with Crippen molar-refractivity contribution in [1.82, 2.24) is 0 Å². The smallest absolute Gasteiger partial charge is 0.339 e. The minimum Gasteiger partial charge on any atom is -0.497 e. The lowest BCUT2D eigenvalue weighted by Crippen LogP contribution is -2.14. The summed E-state index contributed by atoms with van der Waals surface area (Å²) in [7, 11) is 1.54. The van der Waals surface area contributed by atoms with Gasteiger partial charge >= 0.3 is 5.97 Å². The van der Waals surface area contributed by atoms with Crippen molar-refractivity contribution in [3.8, 4) is 11.8 Å². The summed E-state index contributed by atoms with van der Waals surface area (Å²) in [4.78, 5) is 26.2. The third-order valence-electron chi connectivity index (χ3n) is 4.08. The van der Waals surface area contributed by atoms with Crippen molar-refractivity contribution >= 4 is 23.5 Å². The molecule has 0 aliphatic rings. The molecule has 0 bridgehead atoms. The fourth-order valence-electron chi connectivity index (χ4n) is 2.56. The van der Waals surface area contributed by atoms with Crippen molar-refractivity contribution in [1.29, 1.82) is 5.26 Å². The summed E-state index contributed by atoms with van der Waals surface area (Å²) in [5, 5.41) is 9.26. The van der Waals surface area contributed by atoms with Crippen molar-refractivity contribution in [2.45, 2.75) is 9.79 Å². The molecule has 0 fully saturated rings. The van der Waals surface area contributed by atoms with E-state index in [0.717, 1.165) is 4.90 Å². The highest BCUT2D eigenvalue weighted by molar-refractivity contribution is 7.99. The van der Waals surface area contributed by atoms with Crippen molar-refractivity contribution < 1.29 is 19.1 Å². The molecule has 0 N–H and O–H groups in total. The number of esters is 1. The van der Waals surface area contributed by atoms with Crippen LogP contribution in [0.3, 0.4) is 0 Å². The van der Waals surface area contributed by atoms with Crippen molar-refractivity contribution in [2.24, 2.45) is 0 Å². The molecule has 3 aromatic rings. The molecule has 5 nitrogen and oxygen atoms in total. The average Bonchev–Trinajstić information content (AvgIpc) is 2.78. The summed E-state index contributed by atoms with van der Waals surface area (Å²) in [6.45, 7) is -0.362. The lowest BCUT2D eigenvalue weighted by atomic mass is 10.1. The van der Waals surface area contributed by atoms with Gasteiger partial charge in [-0.25, -0.2) is 4.79 Å². The number of hydrogen-bond acceptors (Lipinski definition) is 6. The van der Waals surface area contributed by atoms with E-state index < -0.39 is 5.97 Å². The standard InChI is InChI=1S/C23H17NO4S/c1-27-18-12-10-16(11-13-18)20(25)15-28-23(26)19-7-3-5-9-22(19)29-21-8-4-2-6-17(21)14-24/h2-13H,15H2,1H3. The maximum absolute atomic E-state index is 12.6. The van der Waals surface area contributed by atoms with Crippen LogP contribution in [0.15, 0.2) is 82.6 Å². The Bertz CT molecular complexity index is 1070. The van der Waals surface area contributed by atoms with Crippen molar-refractivity contribution in [2.75, 3.05) is 13.7 Å². The van der Waals surface area contributed by atoms with Crippen LogP contribution in [0.5, 0.6) is 5.75 Å². The van der Waals surface area contributed by atoms with E-state index in [1.807, 2.05) is 12.1 Å². The molecule has 0 saturated carbocycles. The quantitative estimate of drug-likeness (QED) is 0.418. The normalized spacial score (nSPS) is 10.1. The molecule has 3 aromatic carbocycles. The highest BCUT2D eigenvalue weighted by Gasteiger charge is 2.16. The molecule has 0 atom stereocenters. The van der Waals surface area contributed by atoms with Crippen LogP contribution < -0.4 is 4.74 Å². The number of carbonyl (C=O) groups excluding carboxylic acids is 2. The zero-order chi connectivity index (χ0) is 20.6. The van der Waals surface area contributed by atoms with Crippen LogP contribution in [0, 0.1) is 11.3 Å². The first-order chi connectivity index (χ1) is 14.1. The van der Waals surface area contributed by atoms with Crippen LogP contribution in [0.25, 0.3) is 0 Å². The molecule has 0 heterocycles. The monoisotopic (exact) mass is 403 g/mol. The van der Waals surface area contributed by atoms with Gasteiger partial charge in [-0.15, -0.1) is 0 Å². The van der Waals surface area contributed by atoms with Gasteiger partial charge in [0.15, 0.2) is 12.4 Å². The van der Waals surface area contributed by atoms with Gasteiger partial charge in [-0.05, 0) is 48.5 Å². The van der Waals surface area contributed by atoms with Gasteiger partial charge in [-0.1, -0.05) is 36.0 Å². The molecule has 144 valence electrons. The summed E-state index contributed by atoms with van der Waals surface area (Å²) < 4.78 is 10.3. The van der Waals surface area contributed by atoms with Crippen LogP contribution >= 0.6 is 11.8 Å². The van der Waals surface area contributed by atoms with Gasteiger partial charge < -0.3 is 9.47 Å². The molecule has 6 heteroatoms. The number of hydrogen-bond donors (Lipinski definition) is 0. The zero-order valence-electron chi connectivity index (χ0n) is 15.6. The van der Waals surface area contributed by atoms with Gasteiger partial charge in [0.1, 0.15) is 11.8 Å². The summed E-state index contributed by atoms with van der Waals surface area (Å²) >= 11 is 1.31. The molecule has 0 aromatic heterocycles.